The minimum atomic E-state index is 0.637. The van der Waals surface area contributed by atoms with Crippen molar-refractivity contribution >= 4 is 60.7 Å². The van der Waals surface area contributed by atoms with Gasteiger partial charge < -0.3 is 13.9 Å². The third kappa shape index (κ3) is 5.66. The SMILES string of the molecule is c1ccc(-c2nc3c(ccc4cc(-c5ccc(N(c6ccc(-n7c8ccccc8c8ccccc87)cc6)c6ccccc6-c6ccccc6)cc5)ccc43)o2)cc1. The first-order chi connectivity index (χ1) is 28.3. The third-order valence-corrected chi connectivity index (χ3v) is 11.0. The van der Waals surface area contributed by atoms with Gasteiger partial charge in [-0.15, -0.1) is 0 Å². The molecule has 0 spiro atoms. The summed E-state index contributed by atoms with van der Waals surface area (Å²) < 4.78 is 8.53. The average molecular weight is 730 g/mol. The van der Waals surface area contributed by atoms with E-state index in [0.717, 1.165) is 66.9 Å². The summed E-state index contributed by atoms with van der Waals surface area (Å²) in [6, 6.07) is 75.3. The molecule has 11 aromatic rings. The molecule has 2 aromatic heterocycles. The molecule has 57 heavy (non-hydrogen) atoms. The van der Waals surface area contributed by atoms with Gasteiger partial charge in [0, 0.05) is 44.3 Å². The number of benzene rings is 9. The zero-order chi connectivity index (χ0) is 37.7. The lowest BCUT2D eigenvalue weighted by Gasteiger charge is -2.28. The molecule has 0 aliphatic rings. The van der Waals surface area contributed by atoms with Crippen LogP contribution >= 0.6 is 0 Å². The van der Waals surface area contributed by atoms with E-state index in [-0.39, 0.29) is 0 Å². The van der Waals surface area contributed by atoms with Gasteiger partial charge in [-0.05, 0) is 101 Å². The van der Waals surface area contributed by atoms with E-state index in [2.05, 4.69) is 185 Å². The van der Waals surface area contributed by atoms with Gasteiger partial charge in [-0.25, -0.2) is 4.98 Å². The van der Waals surface area contributed by atoms with Crippen molar-refractivity contribution < 1.29 is 4.42 Å². The minimum absolute atomic E-state index is 0.637. The van der Waals surface area contributed by atoms with E-state index in [9.17, 15) is 0 Å². The molecule has 0 aliphatic carbocycles. The summed E-state index contributed by atoms with van der Waals surface area (Å²) in [6.07, 6.45) is 0. The predicted molar refractivity (Wildman–Crippen MR) is 237 cm³/mol. The van der Waals surface area contributed by atoms with Crippen molar-refractivity contribution in [2.45, 2.75) is 0 Å². The highest BCUT2D eigenvalue weighted by Gasteiger charge is 2.19. The summed E-state index contributed by atoms with van der Waals surface area (Å²) in [4.78, 5) is 7.27. The molecule has 0 saturated heterocycles. The molecule has 0 unspecified atom stereocenters. The number of nitrogens with zero attached hydrogens (tertiary/aromatic N) is 3. The Morgan fingerprint density at radius 1 is 0.421 bits per heavy atom. The molecule has 0 radical (unpaired) electrons. The molecule has 0 amide bonds. The monoisotopic (exact) mass is 729 g/mol. The van der Waals surface area contributed by atoms with Crippen molar-refractivity contribution in [1.82, 2.24) is 9.55 Å². The maximum atomic E-state index is 6.16. The number of fused-ring (bicyclic) bond motifs is 6. The lowest BCUT2D eigenvalue weighted by molar-refractivity contribution is 0.620. The fourth-order valence-electron chi connectivity index (χ4n) is 8.32. The lowest BCUT2D eigenvalue weighted by Crippen LogP contribution is -2.11. The molecule has 0 fully saturated rings. The largest absolute Gasteiger partial charge is 0.436 e. The molecule has 4 heteroatoms. The molecule has 0 saturated carbocycles. The van der Waals surface area contributed by atoms with Crippen molar-refractivity contribution in [2.24, 2.45) is 0 Å². The first kappa shape index (κ1) is 32.7. The Hall–Kier alpha value is -7.69. The molecule has 4 nitrogen and oxygen atoms in total. The summed E-state index contributed by atoms with van der Waals surface area (Å²) in [7, 11) is 0. The highest BCUT2D eigenvalue weighted by Crippen LogP contribution is 2.42. The number of para-hydroxylation sites is 3. The zero-order valence-electron chi connectivity index (χ0n) is 31.0. The molecule has 0 atom stereocenters. The molecule has 9 aromatic carbocycles. The summed E-state index contributed by atoms with van der Waals surface area (Å²) >= 11 is 0. The number of hydrogen-bond donors (Lipinski definition) is 0. The van der Waals surface area contributed by atoms with Gasteiger partial charge in [0.05, 0.1) is 16.7 Å². The molecule has 0 aliphatic heterocycles. The third-order valence-electron chi connectivity index (χ3n) is 11.0. The van der Waals surface area contributed by atoms with Crippen molar-refractivity contribution in [2.75, 3.05) is 4.90 Å². The van der Waals surface area contributed by atoms with Gasteiger partial charge in [-0.2, -0.15) is 0 Å². The number of anilines is 3. The van der Waals surface area contributed by atoms with Crippen LogP contribution in [-0.4, -0.2) is 9.55 Å². The van der Waals surface area contributed by atoms with Gasteiger partial charge in [-0.1, -0.05) is 133 Å². The van der Waals surface area contributed by atoms with E-state index >= 15 is 0 Å². The maximum Gasteiger partial charge on any atom is 0.227 e. The topological polar surface area (TPSA) is 34.2 Å². The summed E-state index contributed by atoms with van der Waals surface area (Å²) in [6.45, 7) is 0. The Kier molecular flexibility index (Phi) is 7.78. The highest BCUT2D eigenvalue weighted by molar-refractivity contribution is 6.09. The standard InChI is InChI=1S/C53H35N3O/c1-3-13-37(14-4-1)44-17-7-10-20-48(44)55(42-29-31-43(32-30-42)56-49-21-11-8-18-46(49)47-19-9-12-22-50(47)56)41-27-23-36(24-28-41)39-25-33-45-40(35-39)26-34-51-52(45)54-53(57-51)38-15-5-2-6-16-38/h1-35H. The molecule has 11 rings (SSSR count). The quantitative estimate of drug-likeness (QED) is 0.164. The van der Waals surface area contributed by atoms with Crippen molar-refractivity contribution in [3.63, 3.8) is 0 Å². The molecule has 268 valence electrons. The van der Waals surface area contributed by atoms with Gasteiger partial charge in [-0.3, -0.25) is 0 Å². The highest BCUT2D eigenvalue weighted by atomic mass is 16.3. The lowest BCUT2D eigenvalue weighted by atomic mass is 9.99. The number of oxazole rings is 1. The van der Waals surface area contributed by atoms with Gasteiger partial charge in [0.15, 0.2) is 5.58 Å². The van der Waals surface area contributed by atoms with Gasteiger partial charge in [0.1, 0.15) is 5.52 Å². The Balaban J connectivity index is 0.993. The molecule has 2 heterocycles. The Labute approximate surface area is 330 Å². The fraction of sp³-hybridized carbons (Fsp3) is 0. The van der Waals surface area contributed by atoms with Gasteiger partial charge in [0.25, 0.3) is 0 Å². The van der Waals surface area contributed by atoms with E-state index < -0.39 is 0 Å². The van der Waals surface area contributed by atoms with Crippen LogP contribution in [0, 0.1) is 0 Å². The van der Waals surface area contributed by atoms with Gasteiger partial charge >= 0.3 is 0 Å². The van der Waals surface area contributed by atoms with Gasteiger partial charge in [0.2, 0.25) is 5.89 Å². The number of hydrogen-bond acceptors (Lipinski definition) is 3. The summed E-state index contributed by atoms with van der Waals surface area (Å²) in [5.41, 5.74) is 14.0. The van der Waals surface area contributed by atoms with E-state index in [1.54, 1.807) is 0 Å². The van der Waals surface area contributed by atoms with Crippen LogP contribution in [-0.2, 0) is 0 Å². The van der Waals surface area contributed by atoms with Crippen LogP contribution in [0.4, 0.5) is 17.1 Å². The maximum absolute atomic E-state index is 6.16. The van der Waals surface area contributed by atoms with E-state index in [1.807, 2.05) is 36.4 Å². The van der Waals surface area contributed by atoms with E-state index in [0.29, 0.717) is 5.89 Å². The van der Waals surface area contributed by atoms with Crippen LogP contribution in [0.2, 0.25) is 0 Å². The first-order valence-electron chi connectivity index (χ1n) is 19.3. The first-order valence-corrected chi connectivity index (χ1v) is 19.3. The number of rotatable bonds is 7. The van der Waals surface area contributed by atoms with Crippen LogP contribution in [0.15, 0.2) is 217 Å². The fourth-order valence-corrected chi connectivity index (χ4v) is 8.32. The molecular weight excluding hydrogens is 695 g/mol. The van der Waals surface area contributed by atoms with Crippen LogP contribution in [0.1, 0.15) is 0 Å². The Bertz CT molecular complexity index is 3160. The Morgan fingerprint density at radius 3 is 1.70 bits per heavy atom. The summed E-state index contributed by atoms with van der Waals surface area (Å²) in [5.74, 6) is 0.637. The molecule has 0 N–H and O–H groups in total. The second-order valence-electron chi connectivity index (χ2n) is 14.4. The zero-order valence-corrected chi connectivity index (χ0v) is 31.0. The van der Waals surface area contributed by atoms with Crippen LogP contribution in [0.5, 0.6) is 0 Å². The normalized spacial score (nSPS) is 11.5. The average Bonchev–Trinajstić information content (AvgIpc) is 3.88. The molecular formula is C53H35N3O. The van der Waals surface area contributed by atoms with Crippen LogP contribution < -0.4 is 4.90 Å². The van der Waals surface area contributed by atoms with Crippen molar-refractivity contribution in [3.05, 3.63) is 212 Å². The Morgan fingerprint density at radius 2 is 1.00 bits per heavy atom. The van der Waals surface area contributed by atoms with E-state index in [1.165, 1.54) is 27.4 Å². The second-order valence-corrected chi connectivity index (χ2v) is 14.4. The molecule has 0 bridgehead atoms. The van der Waals surface area contributed by atoms with Crippen LogP contribution in [0.3, 0.4) is 0 Å². The van der Waals surface area contributed by atoms with Crippen molar-refractivity contribution in [1.29, 1.82) is 0 Å². The van der Waals surface area contributed by atoms with Crippen LogP contribution in [0.25, 0.3) is 83.1 Å². The smallest absolute Gasteiger partial charge is 0.227 e. The predicted octanol–water partition coefficient (Wildman–Crippen LogP) is 14.5. The van der Waals surface area contributed by atoms with Crippen molar-refractivity contribution in [3.8, 4) is 39.4 Å². The number of aromatic nitrogens is 2. The van der Waals surface area contributed by atoms with E-state index in [4.69, 9.17) is 9.40 Å². The second kappa shape index (κ2) is 13.6. The minimum Gasteiger partial charge on any atom is -0.436 e. The summed E-state index contributed by atoms with van der Waals surface area (Å²) in [5, 5.41) is 4.71.